The van der Waals surface area contributed by atoms with Gasteiger partial charge in [-0.05, 0) is 55.3 Å². The summed E-state index contributed by atoms with van der Waals surface area (Å²) in [7, 11) is 0. The molecule has 32 heavy (non-hydrogen) atoms. The number of amides is 1. The van der Waals surface area contributed by atoms with Crippen LogP contribution in [0.1, 0.15) is 37.2 Å². The third-order valence-corrected chi connectivity index (χ3v) is 6.23. The third kappa shape index (κ3) is 4.56. The Balaban J connectivity index is 1.38. The molecule has 4 aromatic rings. The van der Waals surface area contributed by atoms with E-state index in [1.54, 1.807) is 18.0 Å². The van der Waals surface area contributed by atoms with Crippen LogP contribution in [0.2, 0.25) is 5.02 Å². The first-order valence-electron chi connectivity index (χ1n) is 10.2. The molecular weight excluding hydrogens is 446 g/mol. The second kappa shape index (κ2) is 8.80. The molecule has 1 aliphatic rings. The van der Waals surface area contributed by atoms with Crippen molar-refractivity contribution in [1.29, 1.82) is 0 Å². The topological polar surface area (TPSA) is 85.8 Å². The van der Waals surface area contributed by atoms with Gasteiger partial charge in [0.1, 0.15) is 12.1 Å². The maximum absolute atomic E-state index is 11.5. The van der Waals surface area contributed by atoms with Crippen molar-refractivity contribution in [2.75, 3.05) is 5.32 Å². The first-order valence-corrected chi connectivity index (χ1v) is 11.6. The molecule has 5 rings (SSSR count). The normalized spacial score (nSPS) is 13.3. The van der Waals surface area contributed by atoms with E-state index in [-0.39, 0.29) is 5.91 Å². The Morgan fingerprint density at radius 3 is 2.78 bits per heavy atom. The zero-order chi connectivity index (χ0) is 22.1. The summed E-state index contributed by atoms with van der Waals surface area (Å²) < 4.78 is 7.73. The zero-order valence-corrected chi connectivity index (χ0v) is 18.9. The molecular formula is C23H20ClN5O2S. The van der Waals surface area contributed by atoms with Crippen molar-refractivity contribution in [1.82, 2.24) is 19.7 Å². The van der Waals surface area contributed by atoms with Crippen molar-refractivity contribution in [3.63, 3.8) is 0 Å². The Morgan fingerprint density at radius 1 is 1.22 bits per heavy atom. The van der Waals surface area contributed by atoms with Crippen LogP contribution in [0.15, 0.2) is 64.4 Å². The van der Waals surface area contributed by atoms with Crippen LogP contribution in [-0.4, -0.2) is 25.7 Å². The maximum Gasteiger partial charge on any atom is 0.226 e. The number of aromatic nitrogens is 4. The van der Waals surface area contributed by atoms with Gasteiger partial charge < -0.3 is 9.73 Å². The molecule has 162 valence electrons. The highest BCUT2D eigenvalue weighted by atomic mass is 35.5. The molecule has 0 spiro atoms. The first kappa shape index (κ1) is 20.8. The summed E-state index contributed by atoms with van der Waals surface area (Å²) in [4.78, 5) is 16.1. The fraction of sp³-hybridized carbons (Fsp3) is 0.217. The molecule has 2 aromatic heterocycles. The highest BCUT2D eigenvalue weighted by molar-refractivity contribution is 7.98. The van der Waals surface area contributed by atoms with E-state index in [0.29, 0.717) is 22.6 Å². The van der Waals surface area contributed by atoms with E-state index in [0.717, 1.165) is 46.5 Å². The van der Waals surface area contributed by atoms with Crippen LogP contribution in [0.5, 0.6) is 0 Å². The largest absolute Gasteiger partial charge is 0.444 e. The summed E-state index contributed by atoms with van der Waals surface area (Å²) in [6.07, 6.45) is 3.89. The number of thioether (sulfide) groups is 1. The molecule has 0 radical (unpaired) electrons. The van der Waals surface area contributed by atoms with Gasteiger partial charge in [-0.15, -0.1) is 10.2 Å². The van der Waals surface area contributed by atoms with Crippen molar-refractivity contribution in [2.45, 2.75) is 36.6 Å². The maximum atomic E-state index is 11.5. The Labute approximate surface area is 194 Å². The molecule has 7 nitrogen and oxygen atoms in total. The number of hydrogen-bond donors (Lipinski definition) is 1. The van der Waals surface area contributed by atoms with Crippen LogP contribution < -0.4 is 5.32 Å². The Morgan fingerprint density at radius 2 is 2.03 bits per heavy atom. The van der Waals surface area contributed by atoms with E-state index in [9.17, 15) is 4.79 Å². The summed E-state index contributed by atoms with van der Waals surface area (Å²) in [5.41, 5.74) is 3.35. The van der Waals surface area contributed by atoms with Gasteiger partial charge in [-0.1, -0.05) is 29.4 Å². The molecule has 0 atom stereocenters. The van der Waals surface area contributed by atoms with Gasteiger partial charge >= 0.3 is 0 Å². The van der Waals surface area contributed by atoms with Crippen molar-refractivity contribution >= 4 is 35.0 Å². The number of nitrogens with zero attached hydrogens (tertiary/aromatic N) is 4. The van der Waals surface area contributed by atoms with Crippen LogP contribution in [-0.2, 0) is 10.5 Å². The average molecular weight is 466 g/mol. The van der Waals surface area contributed by atoms with Crippen LogP contribution in [0.25, 0.3) is 17.1 Å². The fourth-order valence-corrected chi connectivity index (χ4v) is 4.35. The highest BCUT2D eigenvalue weighted by Gasteiger charge is 2.31. The lowest BCUT2D eigenvalue weighted by Crippen LogP contribution is -2.07. The molecule has 0 aliphatic heterocycles. The Bertz CT molecular complexity index is 1260. The molecule has 1 aliphatic carbocycles. The van der Waals surface area contributed by atoms with Crippen LogP contribution in [0, 0.1) is 0 Å². The molecule has 0 unspecified atom stereocenters. The highest BCUT2D eigenvalue weighted by Crippen LogP contribution is 2.41. The molecule has 1 fully saturated rings. The Hall–Kier alpha value is -3.10. The van der Waals surface area contributed by atoms with Gasteiger partial charge in [-0.2, -0.15) is 0 Å². The lowest BCUT2D eigenvalue weighted by atomic mass is 10.2. The van der Waals surface area contributed by atoms with E-state index < -0.39 is 0 Å². The average Bonchev–Trinajstić information content (AvgIpc) is 3.36. The van der Waals surface area contributed by atoms with E-state index in [1.807, 2.05) is 48.5 Å². The summed E-state index contributed by atoms with van der Waals surface area (Å²) in [6.45, 7) is 1.50. The predicted molar refractivity (Wildman–Crippen MR) is 124 cm³/mol. The van der Waals surface area contributed by atoms with Crippen molar-refractivity contribution in [2.24, 2.45) is 0 Å². The number of nitrogens with one attached hydrogen (secondary N) is 1. The summed E-state index contributed by atoms with van der Waals surface area (Å²) in [5, 5.41) is 13.2. The van der Waals surface area contributed by atoms with Gasteiger partial charge in [0.05, 0.1) is 11.4 Å². The summed E-state index contributed by atoms with van der Waals surface area (Å²) >= 11 is 7.51. The van der Waals surface area contributed by atoms with Crippen molar-refractivity contribution in [3.05, 3.63) is 71.3 Å². The summed E-state index contributed by atoms with van der Waals surface area (Å²) in [6, 6.07) is 15.1. The van der Waals surface area contributed by atoms with Gasteiger partial charge in [0.15, 0.2) is 5.16 Å². The summed E-state index contributed by atoms with van der Waals surface area (Å²) in [5.74, 6) is 2.41. The molecule has 1 N–H and O–H groups in total. The lowest BCUT2D eigenvalue weighted by Gasteiger charge is -2.11. The lowest BCUT2D eigenvalue weighted by molar-refractivity contribution is -0.114. The van der Waals surface area contributed by atoms with Crippen molar-refractivity contribution in [3.8, 4) is 17.1 Å². The minimum absolute atomic E-state index is 0.106. The zero-order valence-electron chi connectivity index (χ0n) is 17.3. The number of halogens is 1. The molecule has 0 bridgehead atoms. The standard InChI is InChI=1S/C23H20ClN5O2S/c1-14(30)25-18-3-2-4-20(11-18)29-21(15-5-6-15)27-28-23(29)32-13-19-12-31-22(26-19)16-7-9-17(24)10-8-16/h2-4,7-12,15H,5-6,13H2,1H3,(H,25,30). The number of carbonyl (C=O) groups is 1. The van der Waals surface area contributed by atoms with Gasteiger partial charge in [-0.3, -0.25) is 9.36 Å². The van der Waals surface area contributed by atoms with Gasteiger partial charge in [0.25, 0.3) is 0 Å². The van der Waals surface area contributed by atoms with Crippen LogP contribution >= 0.6 is 23.4 Å². The first-order chi connectivity index (χ1) is 15.6. The van der Waals surface area contributed by atoms with E-state index in [4.69, 9.17) is 16.0 Å². The van der Waals surface area contributed by atoms with Gasteiger partial charge in [0, 0.05) is 34.9 Å². The SMILES string of the molecule is CC(=O)Nc1cccc(-n2c(SCc3coc(-c4ccc(Cl)cc4)n3)nnc2C2CC2)c1. The quantitative estimate of drug-likeness (QED) is 0.352. The third-order valence-electron chi connectivity index (χ3n) is 5.02. The molecule has 9 heteroatoms. The molecule has 0 saturated heterocycles. The van der Waals surface area contributed by atoms with E-state index in [2.05, 4.69) is 25.1 Å². The minimum Gasteiger partial charge on any atom is -0.444 e. The predicted octanol–water partition coefficient (Wildman–Crippen LogP) is 5.70. The fourth-order valence-electron chi connectivity index (χ4n) is 3.39. The number of rotatable bonds is 7. The smallest absolute Gasteiger partial charge is 0.226 e. The number of carbonyl (C=O) groups excluding carboxylic acids is 1. The van der Waals surface area contributed by atoms with E-state index >= 15 is 0 Å². The molecule has 1 amide bonds. The van der Waals surface area contributed by atoms with Crippen LogP contribution in [0.3, 0.4) is 0 Å². The number of oxazole rings is 1. The second-order valence-electron chi connectivity index (χ2n) is 7.62. The number of benzene rings is 2. The molecule has 2 aromatic carbocycles. The minimum atomic E-state index is -0.106. The number of anilines is 1. The van der Waals surface area contributed by atoms with Crippen molar-refractivity contribution < 1.29 is 9.21 Å². The molecule has 1 saturated carbocycles. The van der Waals surface area contributed by atoms with Gasteiger partial charge in [0.2, 0.25) is 11.8 Å². The number of hydrogen-bond acceptors (Lipinski definition) is 6. The van der Waals surface area contributed by atoms with E-state index in [1.165, 1.54) is 6.92 Å². The Kier molecular flexibility index (Phi) is 5.71. The monoisotopic (exact) mass is 465 g/mol. The molecule has 2 heterocycles. The van der Waals surface area contributed by atoms with Crippen LogP contribution in [0.4, 0.5) is 5.69 Å². The second-order valence-corrected chi connectivity index (χ2v) is 9.00. The van der Waals surface area contributed by atoms with Gasteiger partial charge in [-0.25, -0.2) is 4.98 Å².